The third-order valence-corrected chi connectivity index (χ3v) is 4.23. The van der Waals surface area contributed by atoms with E-state index in [1.54, 1.807) is 0 Å². The van der Waals surface area contributed by atoms with Crippen molar-refractivity contribution in [1.82, 2.24) is 4.90 Å². The van der Waals surface area contributed by atoms with E-state index in [0.717, 1.165) is 4.06 Å². The van der Waals surface area contributed by atoms with E-state index in [2.05, 4.69) is 11.9 Å². The summed E-state index contributed by atoms with van der Waals surface area (Å²) in [5.74, 6) is 0. The summed E-state index contributed by atoms with van der Waals surface area (Å²) in [6, 6.07) is 0. The Hall–Kier alpha value is 0.759. The first kappa shape index (κ1) is 6.87. The Kier molecular flexibility index (Phi) is 2.63. The van der Waals surface area contributed by atoms with Gasteiger partial charge in [0, 0.05) is 0 Å². The predicted molar refractivity (Wildman–Crippen MR) is 37.4 cm³/mol. The fourth-order valence-corrected chi connectivity index (χ4v) is 2.20. The molecular weight excluding hydrogens is 205 g/mol. The Labute approximate surface area is 64.5 Å². The molecule has 8 heavy (non-hydrogen) atoms. The van der Waals surface area contributed by atoms with Gasteiger partial charge in [0.15, 0.2) is 0 Å². The zero-order chi connectivity index (χ0) is 5.98. The molecular formula is C6H13NSn. The van der Waals surface area contributed by atoms with Crippen molar-refractivity contribution in [2.24, 2.45) is 0 Å². The molecule has 0 aromatic carbocycles. The fraction of sp³-hybridized carbons (Fsp3) is 1.00. The maximum atomic E-state index is 2.49. The van der Waals surface area contributed by atoms with Crippen LogP contribution in [0.25, 0.3) is 0 Å². The number of hydrogen-bond donors (Lipinski definition) is 0. The predicted octanol–water partition coefficient (Wildman–Crippen LogP) is 0.329. The van der Waals surface area contributed by atoms with Crippen molar-refractivity contribution < 1.29 is 0 Å². The summed E-state index contributed by atoms with van der Waals surface area (Å²) in [6.45, 7) is 1.34. The Morgan fingerprint density at radius 3 is 2.62 bits per heavy atom. The molecule has 2 radical (unpaired) electrons. The fourth-order valence-electron chi connectivity index (χ4n) is 1.10. The van der Waals surface area contributed by atoms with Gasteiger partial charge >= 0.3 is 64.3 Å². The van der Waals surface area contributed by atoms with E-state index in [9.17, 15) is 0 Å². The normalized spacial score (nSPS) is 33.0. The first-order valence-corrected chi connectivity index (χ1v) is 5.17. The molecule has 0 aromatic heterocycles. The van der Waals surface area contributed by atoms with Crippen molar-refractivity contribution in [3.8, 4) is 0 Å². The Morgan fingerprint density at radius 1 is 1.50 bits per heavy atom. The molecule has 0 aliphatic carbocycles. The number of likely N-dealkylation sites (tertiary alicyclic amines) is 1. The van der Waals surface area contributed by atoms with Gasteiger partial charge in [-0.05, 0) is 0 Å². The van der Waals surface area contributed by atoms with Crippen LogP contribution in [0.3, 0.4) is 0 Å². The van der Waals surface area contributed by atoms with Gasteiger partial charge in [0.05, 0.1) is 0 Å². The number of rotatable bonds is 0. The van der Waals surface area contributed by atoms with Crippen molar-refractivity contribution in [3.05, 3.63) is 0 Å². The molecule has 1 nitrogen and oxygen atoms in total. The monoisotopic (exact) mass is 219 g/mol. The van der Waals surface area contributed by atoms with Crippen LogP contribution in [-0.2, 0) is 0 Å². The summed E-state index contributed by atoms with van der Waals surface area (Å²) in [5, 5.41) is 0. The molecule has 46 valence electrons. The van der Waals surface area contributed by atoms with Gasteiger partial charge in [0.1, 0.15) is 0 Å². The molecule has 0 spiro atoms. The van der Waals surface area contributed by atoms with Crippen LogP contribution in [-0.4, -0.2) is 45.1 Å². The molecule has 1 atom stereocenters. The van der Waals surface area contributed by atoms with E-state index >= 15 is 0 Å². The second-order valence-corrected chi connectivity index (χ2v) is 4.74. The number of piperidine rings is 1. The van der Waals surface area contributed by atoms with Gasteiger partial charge in [-0.2, -0.15) is 0 Å². The van der Waals surface area contributed by atoms with Crippen molar-refractivity contribution in [2.45, 2.75) is 23.3 Å². The maximum absolute atomic E-state index is 2.49. The zero-order valence-electron chi connectivity index (χ0n) is 5.43. The molecule has 1 saturated heterocycles. The van der Waals surface area contributed by atoms with Crippen molar-refractivity contribution in [1.29, 1.82) is 0 Å². The zero-order valence-corrected chi connectivity index (χ0v) is 8.73. The Bertz CT molecular complexity index is 64.9. The molecule has 1 aliphatic rings. The van der Waals surface area contributed by atoms with Gasteiger partial charge in [-0.3, -0.25) is 0 Å². The van der Waals surface area contributed by atoms with Crippen LogP contribution in [0.2, 0.25) is 0 Å². The average molecular weight is 218 g/mol. The quantitative estimate of drug-likeness (QED) is 0.529. The molecule has 1 fully saturated rings. The second kappa shape index (κ2) is 3.06. The first-order valence-electron chi connectivity index (χ1n) is 3.26. The van der Waals surface area contributed by atoms with Gasteiger partial charge in [-0.1, -0.05) is 0 Å². The van der Waals surface area contributed by atoms with Crippen molar-refractivity contribution in [3.63, 3.8) is 0 Å². The molecule has 0 saturated carbocycles. The van der Waals surface area contributed by atoms with E-state index < -0.39 is 0 Å². The molecule has 2 heteroatoms. The summed E-state index contributed by atoms with van der Waals surface area (Å²) in [6.07, 6.45) is 4.35. The third-order valence-electron chi connectivity index (χ3n) is 1.83. The standard InChI is InChI=1S/C6H12N.Sn.H/c1-7-5-3-2-4-6-7;;/h5H,2-4,6H2,1H3;;. The minimum absolute atomic E-state index is 0.967. The molecule has 1 unspecified atom stereocenters. The van der Waals surface area contributed by atoms with E-state index in [1.807, 2.05) is 0 Å². The van der Waals surface area contributed by atoms with Crippen molar-refractivity contribution >= 4 is 22.5 Å². The summed E-state index contributed by atoms with van der Waals surface area (Å²) in [5.41, 5.74) is 0. The molecule has 0 N–H and O–H groups in total. The molecule has 0 bridgehead atoms. The van der Waals surface area contributed by atoms with Crippen LogP contribution in [0.15, 0.2) is 0 Å². The van der Waals surface area contributed by atoms with E-state index in [-0.39, 0.29) is 0 Å². The molecule has 1 aliphatic heterocycles. The molecule has 1 rings (SSSR count). The van der Waals surface area contributed by atoms with E-state index in [1.165, 1.54) is 48.3 Å². The molecule has 0 aromatic rings. The van der Waals surface area contributed by atoms with Gasteiger partial charge < -0.3 is 0 Å². The summed E-state index contributed by atoms with van der Waals surface area (Å²) in [4.78, 5) is 2.49. The molecule has 1 heterocycles. The van der Waals surface area contributed by atoms with Crippen molar-refractivity contribution in [2.75, 3.05) is 13.6 Å². The van der Waals surface area contributed by atoms with Crippen LogP contribution in [0, 0.1) is 0 Å². The SMILES string of the molecule is CN1CCCC[CH]1[SnH]. The van der Waals surface area contributed by atoms with Gasteiger partial charge in [-0.15, -0.1) is 0 Å². The van der Waals surface area contributed by atoms with Crippen LogP contribution < -0.4 is 0 Å². The summed E-state index contributed by atoms with van der Waals surface area (Å²) in [7, 11) is 2.24. The van der Waals surface area contributed by atoms with E-state index in [0.29, 0.717) is 0 Å². The van der Waals surface area contributed by atoms with Gasteiger partial charge in [0.25, 0.3) is 0 Å². The third kappa shape index (κ3) is 1.62. The summed E-state index contributed by atoms with van der Waals surface area (Å²) >= 11 is 1.42. The molecule has 0 amide bonds. The number of hydrogen-bond acceptors (Lipinski definition) is 1. The van der Waals surface area contributed by atoms with Gasteiger partial charge in [-0.25, -0.2) is 0 Å². The topological polar surface area (TPSA) is 3.24 Å². The average Bonchev–Trinajstić information content (AvgIpc) is 1.77. The second-order valence-electron chi connectivity index (χ2n) is 2.54. The summed E-state index contributed by atoms with van der Waals surface area (Å²) < 4.78 is 0.967. The minimum atomic E-state index is 0.967. The van der Waals surface area contributed by atoms with E-state index in [4.69, 9.17) is 0 Å². The van der Waals surface area contributed by atoms with Crippen LogP contribution in [0.4, 0.5) is 0 Å². The van der Waals surface area contributed by atoms with Gasteiger partial charge in [0.2, 0.25) is 0 Å². The van der Waals surface area contributed by atoms with Crippen LogP contribution in [0.1, 0.15) is 19.3 Å². The first-order chi connectivity index (χ1) is 3.80. The number of nitrogens with zero attached hydrogens (tertiary/aromatic N) is 1. The van der Waals surface area contributed by atoms with Crippen LogP contribution >= 0.6 is 0 Å². The Balaban J connectivity index is 2.28. The van der Waals surface area contributed by atoms with Crippen LogP contribution in [0.5, 0.6) is 0 Å². The Morgan fingerprint density at radius 2 is 2.25 bits per heavy atom.